The summed E-state index contributed by atoms with van der Waals surface area (Å²) in [5.41, 5.74) is 7.10. The summed E-state index contributed by atoms with van der Waals surface area (Å²) < 4.78 is 5.80. The van der Waals surface area contributed by atoms with E-state index < -0.39 is 6.04 Å². The zero-order valence-corrected chi connectivity index (χ0v) is 16.0. The number of rotatable bonds is 6. The van der Waals surface area contributed by atoms with Gasteiger partial charge >= 0.3 is 0 Å². The third-order valence-corrected chi connectivity index (χ3v) is 4.53. The van der Waals surface area contributed by atoms with Crippen LogP contribution in [-0.2, 0) is 16.1 Å². The number of benzene rings is 1. The molecule has 1 aliphatic heterocycles. The number of carbonyl (C=O) groups excluding carboxylic acids is 1. The minimum Gasteiger partial charge on any atom is -0.371 e. The first-order valence-electron chi connectivity index (χ1n) is 9.24. The Kier molecular flexibility index (Phi) is 6.99. The standard InChI is InChI=1S/C20H33N3O2/c1-15(25-20(2,3)4)18(21)19(24)22-17-10-12-23(13-11-17)14-16-8-6-5-7-9-16/h5-9,15,17-18H,10-14,21H2,1-4H3,(H,22,24)/t15-,18+/m1/s1. The molecule has 1 saturated heterocycles. The highest BCUT2D eigenvalue weighted by Gasteiger charge is 2.28. The number of hydrogen-bond acceptors (Lipinski definition) is 4. The normalized spacial score (nSPS) is 19.4. The quantitative estimate of drug-likeness (QED) is 0.829. The number of ether oxygens (including phenoxy) is 1. The van der Waals surface area contributed by atoms with Crippen molar-refractivity contribution in [3.8, 4) is 0 Å². The number of nitrogens with zero attached hydrogens (tertiary/aromatic N) is 1. The van der Waals surface area contributed by atoms with E-state index in [0.717, 1.165) is 32.5 Å². The molecule has 0 saturated carbocycles. The van der Waals surface area contributed by atoms with Crippen molar-refractivity contribution < 1.29 is 9.53 Å². The molecule has 140 valence electrons. The lowest BCUT2D eigenvalue weighted by Crippen LogP contribution is -2.54. The van der Waals surface area contributed by atoms with Crippen LogP contribution in [-0.4, -0.2) is 47.7 Å². The summed E-state index contributed by atoms with van der Waals surface area (Å²) >= 11 is 0. The van der Waals surface area contributed by atoms with Crippen LogP contribution in [0, 0.1) is 0 Å². The van der Waals surface area contributed by atoms with Crippen LogP contribution in [0.1, 0.15) is 46.1 Å². The van der Waals surface area contributed by atoms with Crippen molar-refractivity contribution in [1.82, 2.24) is 10.2 Å². The molecule has 1 aliphatic rings. The first-order valence-corrected chi connectivity index (χ1v) is 9.24. The lowest BCUT2D eigenvalue weighted by molar-refractivity contribution is -0.130. The molecule has 0 bridgehead atoms. The van der Waals surface area contributed by atoms with Crippen molar-refractivity contribution in [3.63, 3.8) is 0 Å². The lowest BCUT2D eigenvalue weighted by Gasteiger charge is -2.34. The predicted molar refractivity (Wildman–Crippen MR) is 101 cm³/mol. The van der Waals surface area contributed by atoms with E-state index >= 15 is 0 Å². The van der Waals surface area contributed by atoms with Crippen LogP contribution in [0.15, 0.2) is 30.3 Å². The summed E-state index contributed by atoms with van der Waals surface area (Å²) in [6, 6.07) is 10.1. The van der Waals surface area contributed by atoms with Gasteiger partial charge in [-0.15, -0.1) is 0 Å². The molecule has 1 aromatic rings. The predicted octanol–water partition coefficient (Wildman–Crippen LogP) is 2.30. The number of amides is 1. The van der Waals surface area contributed by atoms with Gasteiger partial charge in [0.2, 0.25) is 5.91 Å². The largest absolute Gasteiger partial charge is 0.371 e. The molecule has 25 heavy (non-hydrogen) atoms. The minimum absolute atomic E-state index is 0.113. The molecule has 3 N–H and O–H groups in total. The molecule has 0 radical (unpaired) electrons. The van der Waals surface area contributed by atoms with Crippen molar-refractivity contribution in [1.29, 1.82) is 0 Å². The van der Waals surface area contributed by atoms with Crippen LogP contribution >= 0.6 is 0 Å². The zero-order valence-electron chi connectivity index (χ0n) is 16.0. The number of likely N-dealkylation sites (tertiary alicyclic amines) is 1. The third-order valence-electron chi connectivity index (χ3n) is 4.53. The summed E-state index contributed by atoms with van der Waals surface area (Å²) in [5.74, 6) is -0.113. The monoisotopic (exact) mass is 347 g/mol. The second-order valence-corrected chi connectivity index (χ2v) is 8.01. The van der Waals surface area contributed by atoms with Gasteiger partial charge in [-0.3, -0.25) is 9.69 Å². The average Bonchev–Trinajstić information content (AvgIpc) is 2.55. The zero-order chi connectivity index (χ0) is 18.4. The second-order valence-electron chi connectivity index (χ2n) is 8.01. The summed E-state index contributed by atoms with van der Waals surface area (Å²) in [6.45, 7) is 10.7. The van der Waals surface area contributed by atoms with Crippen LogP contribution in [0.4, 0.5) is 0 Å². The van der Waals surface area contributed by atoms with Crippen molar-refractivity contribution >= 4 is 5.91 Å². The topological polar surface area (TPSA) is 67.6 Å². The fraction of sp³-hybridized carbons (Fsp3) is 0.650. The van der Waals surface area contributed by atoms with Gasteiger partial charge in [0.05, 0.1) is 11.7 Å². The Bertz CT molecular complexity index is 534. The molecule has 1 fully saturated rings. The maximum atomic E-state index is 12.4. The Hall–Kier alpha value is -1.43. The number of piperidine rings is 1. The smallest absolute Gasteiger partial charge is 0.239 e. The van der Waals surface area contributed by atoms with Crippen LogP contribution in [0.2, 0.25) is 0 Å². The second kappa shape index (κ2) is 8.79. The number of nitrogens with one attached hydrogen (secondary N) is 1. The molecule has 0 aromatic heterocycles. The highest BCUT2D eigenvalue weighted by Crippen LogP contribution is 2.15. The van der Waals surface area contributed by atoms with Crippen molar-refractivity contribution in [3.05, 3.63) is 35.9 Å². The van der Waals surface area contributed by atoms with Crippen molar-refractivity contribution in [2.24, 2.45) is 5.73 Å². The molecule has 2 rings (SSSR count). The third kappa shape index (κ3) is 6.77. The average molecular weight is 348 g/mol. The summed E-state index contributed by atoms with van der Waals surface area (Å²) in [7, 11) is 0. The molecule has 5 nitrogen and oxygen atoms in total. The van der Waals surface area contributed by atoms with Crippen LogP contribution in [0.5, 0.6) is 0 Å². The van der Waals surface area contributed by atoms with Crippen LogP contribution in [0.25, 0.3) is 0 Å². The molecule has 5 heteroatoms. The summed E-state index contributed by atoms with van der Waals surface area (Å²) in [4.78, 5) is 14.8. The van der Waals surface area contributed by atoms with Gasteiger partial charge in [-0.25, -0.2) is 0 Å². The fourth-order valence-electron chi connectivity index (χ4n) is 3.22. The van der Waals surface area contributed by atoms with E-state index in [9.17, 15) is 4.79 Å². The number of nitrogens with two attached hydrogens (primary N) is 1. The van der Waals surface area contributed by atoms with Gasteiger partial charge in [-0.2, -0.15) is 0 Å². The summed E-state index contributed by atoms with van der Waals surface area (Å²) in [5, 5.41) is 3.10. The number of carbonyl (C=O) groups is 1. The SMILES string of the molecule is C[C@@H](OC(C)(C)C)[C@H](N)C(=O)NC1CCN(Cc2ccccc2)CC1. The van der Waals surface area contributed by atoms with Gasteiger partial charge in [-0.05, 0) is 46.1 Å². The Balaban J connectivity index is 1.74. The van der Waals surface area contributed by atoms with Gasteiger partial charge in [0.15, 0.2) is 0 Å². The highest BCUT2D eigenvalue weighted by atomic mass is 16.5. The number of hydrogen-bond donors (Lipinski definition) is 2. The minimum atomic E-state index is -0.637. The van der Waals surface area contributed by atoms with E-state index in [1.807, 2.05) is 33.8 Å². The van der Waals surface area contributed by atoms with Gasteiger partial charge in [-0.1, -0.05) is 30.3 Å². The Labute approximate surface area is 151 Å². The molecule has 2 atom stereocenters. The Morgan fingerprint density at radius 3 is 2.44 bits per heavy atom. The molecule has 1 heterocycles. The van der Waals surface area contributed by atoms with Gasteiger partial charge in [0.1, 0.15) is 6.04 Å². The van der Waals surface area contributed by atoms with E-state index in [4.69, 9.17) is 10.5 Å². The summed E-state index contributed by atoms with van der Waals surface area (Å²) in [6.07, 6.45) is 1.61. The van der Waals surface area contributed by atoms with Crippen molar-refractivity contribution in [2.75, 3.05) is 13.1 Å². The molecule has 0 spiro atoms. The van der Waals surface area contributed by atoms with Gasteiger partial charge < -0.3 is 15.8 Å². The van der Waals surface area contributed by atoms with E-state index in [2.05, 4.69) is 34.5 Å². The molecule has 1 amide bonds. The maximum absolute atomic E-state index is 12.4. The van der Waals surface area contributed by atoms with Gasteiger partial charge in [0.25, 0.3) is 0 Å². The highest BCUT2D eigenvalue weighted by molar-refractivity contribution is 5.82. The van der Waals surface area contributed by atoms with Crippen LogP contribution < -0.4 is 11.1 Å². The Morgan fingerprint density at radius 2 is 1.88 bits per heavy atom. The van der Waals surface area contributed by atoms with Crippen molar-refractivity contribution in [2.45, 2.75) is 70.9 Å². The molecule has 1 aromatic carbocycles. The molecule has 0 unspecified atom stereocenters. The van der Waals surface area contributed by atoms with E-state index in [1.54, 1.807) is 0 Å². The molecular weight excluding hydrogens is 314 g/mol. The van der Waals surface area contributed by atoms with E-state index in [1.165, 1.54) is 5.56 Å². The molecule has 0 aliphatic carbocycles. The van der Waals surface area contributed by atoms with Crippen LogP contribution in [0.3, 0.4) is 0 Å². The maximum Gasteiger partial charge on any atom is 0.239 e. The van der Waals surface area contributed by atoms with Gasteiger partial charge in [0, 0.05) is 25.7 Å². The van der Waals surface area contributed by atoms with E-state index in [0.29, 0.717) is 0 Å². The lowest BCUT2D eigenvalue weighted by atomic mass is 10.0. The first kappa shape index (κ1) is 19.9. The van der Waals surface area contributed by atoms with E-state index in [-0.39, 0.29) is 23.7 Å². The fourth-order valence-corrected chi connectivity index (χ4v) is 3.22. The first-order chi connectivity index (χ1) is 11.7. The molecular formula is C20H33N3O2. The Morgan fingerprint density at radius 1 is 1.28 bits per heavy atom.